The van der Waals surface area contributed by atoms with E-state index in [4.69, 9.17) is 21.6 Å². The van der Waals surface area contributed by atoms with Gasteiger partial charge in [0.2, 0.25) is 5.88 Å². The summed E-state index contributed by atoms with van der Waals surface area (Å²) in [4.78, 5) is 10.7. The van der Waals surface area contributed by atoms with E-state index >= 15 is 0 Å². The van der Waals surface area contributed by atoms with Crippen LogP contribution in [0.25, 0.3) is 0 Å². The molecule has 3 rings (SSSR count). The molecule has 0 spiro atoms. The van der Waals surface area contributed by atoms with Crippen LogP contribution in [-0.4, -0.2) is 29.7 Å². The van der Waals surface area contributed by atoms with Crippen molar-refractivity contribution in [1.82, 2.24) is 9.97 Å². The Kier molecular flexibility index (Phi) is 4.94. The number of aromatic nitrogens is 2. The zero-order valence-corrected chi connectivity index (χ0v) is 13.4. The molecule has 0 N–H and O–H groups in total. The molecule has 0 saturated carbocycles. The lowest BCUT2D eigenvalue weighted by Crippen LogP contribution is -2.38. The number of nitriles is 1. The maximum Gasteiger partial charge on any atom is 0.232 e. The summed E-state index contributed by atoms with van der Waals surface area (Å²) in [5, 5.41) is 9.54. The zero-order chi connectivity index (χ0) is 16.1. The Morgan fingerprint density at radius 3 is 3.09 bits per heavy atom. The Balaban J connectivity index is 1.62. The first kappa shape index (κ1) is 15.6. The molecule has 118 valence electrons. The van der Waals surface area contributed by atoms with Crippen molar-refractivity contribution in [2.24, 2.45) is 5.92 Å². The largest absolute Gasteiger partial charge is 0.476 e. The van der Waals surface area contributed by atoms with E-state index in [0.717, 1.165) is 31.7 Å². The van der Waals surface area contributed by atoms with E-state index in [1.807, 2.05) is 6.07 Å². The van der Waals surface area contributed by atoms with Gasteiger partial charge in [-0.15, -0.1) is 0 Å². The van der Waals surface area contributed by atoms with Gasteiger partial charge in [0.1, 0.15) is 10.8 Å². The highest BCUT2D eigenvalue weighted by molar-refractivity contribution is 6.31. The summed E-state index contributed by atoms with van der Waals surface area (Å²) in [7, 11) is 0. The first-order valence-corrected chi connectivity index (χ1v) is 7.98. The summed E-state index contributed by atoms with van der Waals surface area (Å²) in [5.41, 5.74) is 0.633. The third kappa shape index (κ3) is 3.91. The molecule has 0 bridgehead atoms. The van der Waals surface area contributed by atoms with E-state index in [1.54, 1.807) is 30.6 Å². The molecule has 0 radical (unpaired) electrons. The number of rotatable bonds is 4. The van der Waals surface area contributed by atoms with Gasteiger partial charge in [-0.2, -0.15) is 5.26 Å². The van der Waals surface area contributed by atoms with E-state index in [1.165, 1.54) is 0 Å². The molecule has 0 aromatic carbocycles. The number of halogens is 1. The molecule has 1 unspecified atom stereocenters. The average Bonchev–Trinajstić information content (AvgIpc) is 2.61. The van der Waals surface area contributed by atoms with Gasteiger partial charge in [-0.25, -0.2) is 9.97 Å². The maximum absolute atomic E-state index is 9.01. The molecule has 1 aliphatic rings. The molecule has 5 nitrogen and oxygen atoms in total. The van der Waals surface area contributed by atoms with Gasteiger partial charge in [0.15, 0.2) is 0 Å². The SMILES string of the molecule is N#Cc1ccnc(N2CCCC(COc3ncccc3Cl)C2)c1. The second kappa shape index (κ2) is 7.30. The van der Waals surface area contributed by atoms with Crippen molar-refractivity contribution in [1.29, 1.82) is 5.26 Å². The Hall–Kier alpha value is -2.32. The van der Waals surface area contributed by atoms with Crippen LogP contribution in [0, 0.1) is 17.2 Å². The summed E-state index contributed by atoms with van der Waals surface area (Å²) in [5.74, 6) is 1.72. The van der Waals surface area contributed by atoms with Gasteiger partial charge in [0.05, 0.1) is 18.2 Å². The number of nitrogens with zero attached hydrogens (tertiary/aromatic N) is 4. The van der Waals surface area contributed by atoms with Gasteiger partial charge in [0, 0.05) is 31.4 Å². The van der Waals surface area contributed by atoms with Gasteiger partial charge < -0.3 is 9.64 Å². The number of hydrogen-bond acceptors (Lipinski definition) is 5. The predicted molar refractivity (Wildman–Crippen MR) is 88.6 cm³/mol. The number of ether oxygens (including phenoxy) is 1. The second-order valence-corrected chi connectivity index (χ2v) is 5.98. The minimum Gasteiger partial charge on any atom is -0.476 e. The van der Waals surface area contributed by atoms with Crippen molar-refractivity contribution in [2.75, 3.05) is 24.6 Å². The molecule has 1 aliphatic heterocycles. The quantitative estimate of drug-likeness (QED) is 0.861. The van der Waals surface area contributed by atoms with Gasteiger partial charge >= 0.3 is 0 Å². The molecule has 1 atom stereocenters. The topological polar surface area (TPSA) is 62.0 Å². The van der Waals surface area contributed by atoms with Crippen LogP contribution < -0.4 is 9.64 Å². The van der Waals surface area contributed by atoms with Gasteiger partial charge in [-0.3, -0.25) is 0 Å². The van der Waals surface area contributed by atoms with E-state index < -0.39 is 0 Å². The Morgan fingerprint density at radius 2 is 2.26 bits per heavy atom. The van der Waals surface area contributed by atoms with E-state index in [9.17, 15) is 0 Å². The van der Waals surface area contributed by atoms with Gasteiger partial charge in [-0.05, 0) is 37.1 Å². The molecule has 0 aliphatic carbocycles. The Morgan fingerprint density at radius 1 is 1.35 bits per heavy atom. The molecule has 1 saturated heterocycles. The zero-order valence-electron chi connectivity index (χ0n) is 12.7. The van der Waals surface area contributed by atoms with Gasteiger partial charge in [-0.1, -0.05) is 11.6 Å². The molecule has 2 aromatic heterocycles. The lowest BCUT2D eigenvalue weighted by molar-refractivity contribution is 0.221. The van der Waals surface area contributed by atoms with E-state index in [2.05, 4.69) is 20.9 Å². The molecule has 6 heteroatoms. The number of piperidine rings is 1. The Labute approximate surface area is 140 Å². The summed E-state index contributed by atoms with van der Waals surface area (Å²) in [6.45, 7) is 2.38. The lowest BCUT2D eigenvalue weighted by atomic mass is 9.99. The highest BCUT2D eigenvalue weighted by atomic mass is 35.5. The third-order valence-corrected chi connectivity index (χ3v) is 4.19. The number of anilines is 1. The van der Waals surface area contributed by atoms with Crippen molar-refractivity contribution >= 4 is 17.4 Å². The van der Waals surface area contributed by atoms with Crippen LogP contribution in [-0.2, 0) is 0 Å². The molecular formula is C17H17ClN4O. The van der Waals surface area contributed by atoms with Crippen LogP contribution in [0.4, 0.5) is 5.82 Å². The first-order chi connectivity index (χ1) is 11.3. The van der Waals surface area contributed by atoms with Crippen molar-refractivity contribution in [3.05, 3.63) is 47.2 Å². The van der Waals surface area contributed by atoms with Crippen molar-refractivity contribution in [2.45, 2.75) is 12.8 Å². The molecule has 1 fully saturated rings. The lowest BCUT2D eigenvalue weighted by Gasteiger charge is -2.33. The minimum atomic E-state index is 0.384. The molecule has 23 heavy (non-hydrogen) atoms. The van der Waals surface area contributed by atoms with Crippen molar-refractivity contribution in [3.63, 3.8) is 0 Å². The summed E-state index contributed by atoms with van der Waals surface area (Å²) in [6.07, 6.45) is 5.52. The fraction of sp³-hybridized carbons (Fsp3) is 0.353. The highest BCUT2D eigenvalue weighted by Crippen LogP contribution is 2.25. The van der Waals surface area contributed by atoms with Crippen LogP contribution in [0.2, 0.25) is 5.02 Å². The number of hydrogen-bond donors (Lipinski definition) is 0. The molecule has 3 heterocycles. The standard InChI is InChI=1S/C17H17ClN4O/c18-15-4-1-6-21-17(15)23-12-14-3-2-8-22(11-14)16-9-13(10-19)5-7-20-16/h1,4-7,9,14H,2-3,8,11-12H2. The minimum absolute atomic E-state index is 0.384. The van der Waals surface area contributed by atoms with Gasteiger partial charge in [0.25, 0.3) is 0 Å². The average molecular weight is 329 g/mol. The van der Waals surface area contributed by atoms with Crippen LogP contribution in [0.5, 0.6) is 5.88 Å². The number of pyridine rings is 2. The summed E-state index contributed by atoms with van der Waals surface area (Å²) in [6, 6.07) is 9.26. The first-order valence-electron chi connectivity index (χ1n) is 7.60. The van der Waals surface area contributed by atoms with Crippen LogP contribution in [0.1, 0.15) is 18.4 Å². The maximum atomic E-state index is 9.01. The van der Waals surface area contributed by atoms with Crippen molar-refractivity contribution in [3.8, 4) is 11.9 Å². The normalized spacial score (nSPS) is 17.6. The second-order valence-electron chi connectivity index (χ2n) is 5.57. The fourth-order valence-electron chi connectivity index (χ4n) is 2.74. The summed E-state index contributed by atoms with van der Waals surface area (Å²) >= 11 is 6.06. The third-order valence-electron chi connectivity index (χ3n) is 3.90. The molecule has 0 amide bonds. The van der Waals surface area contributed by atoms with E-state index in [0.29, 0.717) is 29.0 Å². The van der Waals surface area contributed by atoms with Crippen LogP contribution in [0.15, 0.2) is 36.7 Å². The molecular weight excluding hydrogens is 312 g/mol. The van der Waals surface area contributed by atoms with Crippen LogP contribution in [0.3, 0.4) is 0 Å². The fourth-order valence-corrected chi connectivity index (χ4v) is 2.92. The highest BCUT2D eigenvalue weighted by Gasteiger charge is 2.22. The van der Waals surface area contributed by atoms with E-state index in [-0.39, 0.29) is 0 Å². The van der Waals surface area contributed by atoms with Crippen LogP contribution >= 0.6 is 11.6 Å². The van der Waals surface area contributed by atoms with Crippen molar-refractivity contribution < 1.29 is 4.74 Å². The predicted octanol–water partition coefficient (Wildman–Crippen LogP) is 3.30. The summed E-state index contributed by atoms with van der Waals surface area (Å²) < 4.78 is 5.76. The smallest absolute Gasteiger partial charge is 0.232 e. The Bertz CT molecular complexity index is 716. The molecule has 2 aromatic rings. The monoisotopic (exact) mass is 328 g/mol.